The number of ether oxygens (including phenoxy) is 1. The van der Waals surface area contributed by atoms with Crippen LogP contribution in [0, 0.1) is 9.48 Å². The summed E-state index contributed by atoms with van der Waals surface area (Å²) in [6.07, 6.45) is -4.40. The molecule has 0 atom stereocenters. The summed E-state index contributed by atoms with van der Waals surface area (Å²) in [5.74, 6) is 0.583. The molecule has 0 spiro atoms. The topological polar surface area (TPSA) is 27.3 Å². The molecule has 1 heterocycles. The molecule has 124 valence electrons. The molecule has 0 N–H and O–H groups in total. The molecule has 1 aromatic heterocycles. The molecule has 0 aliphatic heterocycles. The Morgan fingerprint density at radius 3 is 2.29 bits per heavy atom. The lowest BCUT2D eigenvalue weighted by Gasteiger charge is -2.11. The highest BCUT2D eigenvalue weighted by atomic mass is 32.1. The Balaban J connectivity index is 2.22. The van der Waals surface area contributed by atoms with Crippen molar-refractivity contribution in [2.24, 2.45) is 0 Å². The molecule has 8 heteroatoms. The van der Waals surface area contributed by atoms with Crippen molar-refractivity contribution in [3.63, 3.8) is 0 Å². The predicted molar refractivity (Wildman–Crippen MR) is 88.8 cm³/mol. The Labute approximate surface area is 144 Å². The average Bonchev–Trinajstić information content (AvgIpc) is 2.54. The number of halogens is 3. The van der Waals surface area contributed by atoms with Gasteiger partial charge in [0.25, 0.3) is 4.84 Å². The Kier molecular flexibility index (Phi) is 4.18. The van der Waals surface area contributed by atoms with Crippen LogP contribution < -0.4 is 4.74 Å². The maximum atomic E-state index is 12.7. The van der Waals surface area contributed by atoms with Gasteiger partial charge in [0, 0.05) is 0 Å². The Bertz CT molecular complexity index is 1020. The highest BCUT2D eigenvalue weighted by Crippen LogP contribution is 2.30. The fourth-order valence-corrected chi connectivity index (χ4v) is 2.95. The fraction of sp³-hybridized carbons (Fsp3) is 0.125. The van der Waals surface area contributed by atoms with Crippen LogP contribution >= 0.6 is 24.4 Å². The monoisotopic (exact) mass is 369 g/mol. The minimum absolute atomic E-state index is 0.0532. The standard InChI is InChI=1S/C16H10F3NO2S2/c1-21-11-6-7-13-12(8-11)14(23)20(15(24)22-13)10-4-2-9(3-5-10)16(17,18)19/h2-8H,1H3. The zero-order valence-corrected chi connectivity index (χ0v) is 13.9. The van der Waals surface area contributed by atoms with E-state index in [-0.39, 0.29) is 4.84 Å². The van der Waals surface area contributed by atoms with Crippen LogP contribution in [0.25, 0.3) is 16.7 Å². The number of fused-ring (bicyclic) bond motifs is 1. The third kappa shape index (κ3) is 2.94. The van der Waals surface area contributed by atoms with Crippen molar-refractivity contribution in [2.45, 2.75) is 6.18 Å². The fourth-order valence-electron chi connectivity index (χ4n) is 2.26. The molecule has 0 aliphatic carbocycles. The molecule has 0 bridgehead atoms. The van der Waals surface area contributed by atoms with Crippen molar-refractivity contribution in [2.75, 3.05) is 7.11 Å². The largest absolute Gasteiger partial charge is 0.497 e. The van der Waals surface area contributed by atoms with Gasteiger partial charge in [-0.05, 0) is 54.7 Å². The Hall–Kier alpha value is -2.19. The van der Waals surface area contributed by atoms with Gasteiger partial charge in [-0.25, -0.2) is 0 Å². The second kappa shape index (κ2) is 6.03. The molecule has 0 aliphatic rings. The van der Waals surface area contributed by atoms with Gasteiger partial charge in [0.1, 0.15) is 16.0 Å². The first-order valence-electron chi connectivity index (χ1n) is 6.73. The zero-order chi connectivity index (χ0) is 17.5. The van der Waals surface area contributed by atoms with E-state index in [0.29, 0.717) is 27.0 Å². The lowest BCUT2D eigenvalue weighted by atomic mass is 10.2. The van der Waals surface area contributed by atoms with Crippen LogP contribution in [0.5, 0.6) is 5.75 Å². The van der Waals surface area contributed by atoms with Crippen LogP contribution in [-0.4, -0.2) is 11.7 Å². The molecule has 0 saturated carbocycles. The van der Waals surface area contributed by atoms with Crippen LogP contribution in [0.3, 0.4) is 0 Å². The second-order valence-electron chi connectivity index (χ2n) is 4.92. The van der Waals surface area contributed by atoms with E-state index in [0.717, 1.165) is 12.1 Å². The zero-order valence-electron chi connectivity index (χ0n) is 12.3. The number of rotatable bonds is 2. The van der Waals surface area contributed by atoms with Gasteiger partial charge in [0.05, 0.1) is 23.7 Å². The van der Waals surface area contributed by atoms with Crippen LogP contribution in [0.2, 0.25) is 0 Å². The molecule has 0 saturated heterocycles. The SMILES string of the molecule is COc1ccc2oc(=S)n(-c3ccc(C(F)(F)F)cc3)c(=S)c2c1. The summed E-state index contributed by atoms with van der Waals surface area (Å²) in [4.78, 5) is 0.0532. The minimum Gasteiger partial charge on any atom is -0.497 e. The van der Waals surface area contributed by atoms with Crippen molar-refractivity contribution < 1.29 is 22.3 Å². The summed E-state index contributed by atoms with van der Waals surface area (Å²) in [6, 6.07) is 9.63. The Morgan fingerprint density at radius 1 is 1.04 bits per heavy atom. The van der Waals surface area contributed by atoms with Crippen molar-refractivity contribution in [1.29, 1.82) is 0 Å². The number of aromatic nitrogens is 1. The highest BCUT2D eigenvalue weighted by molar-refractivity contribution is 7.72. The molecule has 0 fully saturated rings. The van der Waals surface area contributed by atoms with E-state index < -0.39 is 11.7 Å². The first-order valence-corrected chi connectivity index (χ1v) is 7.54. The van der Waals surface area contributed by atoms with E-state index in [9.17, 15) is 13.2 Å². The number of methoxy groups -OCH3 is 1. The maximum absolute atomic E-state index is 12.7. The van der Waals surface area contributed by atoms with Gasteiger partial charge in [-0.3, -0.25) is 4.57 Å². The smallest absolute Gasteiger partial charge is 0.416 e. The molecule has 0 amide bonds. The van der Waals surface area contributed by atoms with Crippen molar-refractivity contribution >= 4 is 35.4 Å². The number of alkyl halides is 3. The summed E-state index contributed by atoms with van der Waals surface area (Å²) in [6.45, 7) is 0. The van der Waals surface area contributed by atoms with Gasteiger partial charge in [0.15, 0.2) is 0 Å². The summed E-state index contributed by atoms with van der Waals surface area (Å²) >= 11 is 10.6. The normalized spacial score (nSPS) is 11.7. The number of hydrogen-bond acceptors (Lipinski definition) is 4. The highest BCUT2D eigenvalue weighted by Gasteiger charge is 2.30. The minimum atomic E-state index is -4.40. The summed E-state index contributed by atoms with van der Waals surface area (Å²) in [7, 11) is 1.52. The molecular weight excluding hydrogens is 359 g/mol. The molecule has 24 heavy (non-hydrogen) atoms. The molecule has 3 nitrogen and oxygen atoms in total. The molecule has 0 radical (unpaired) electrons. The van der Waals surface area contributed by atoms with Crippen LogP contribution in [0.1, 0.15) is 5.56 Å². The molecule has 3 aromatic rings. The van der Waals surface area contributed by atoms with Gasteiger partial charge in [-0.2, -0.15) is 13.2 Å². The maximum Gasteiger partial charge on any atom is 0.416 e. The van der Waals surface area contributed by atoms with Gasteiger partial charge in [-0.15, -0.1) is 0 Å². The summed E-state index contributed by atoms with van der Waals surface area (Å²) in [5, 5.41) is 0.581. The predicted octanol–water partition coefficient (Wildman–Crippen LogP) is 5.71. The lowest BCUT2D eigenvalue weighted by molar-refractivity contribution is -0.137. The number of benzene rings is 2. The van der Waals surface area contributed by atoms with E-state index >= 15 is 0 Å². The second-order valence-corrected chi connectivity index (χ2v) is 5.65. The van der Waals surface area contributed by atoms with E-state index in [4.69, 9.17) is 33.6 Å². The quantitative estimate of drug-likeness (QED) is 0.541. The third-order valence-corrected chi connectivity index (χ3v) is 4.12. The van der Waals surface area contributed by atoms with E-state index in [1.54, 1.807) is 18.2 Å². The van der Waals surface area contributed by atoms with Crippen molar-refractivity contribution in [3.05, 3.63) is 57.5 Å². The number of hydrogen-bond donors (Lipinski definition) is 0. The first kappa shape index (κ1) is 16.7. The first-order chi connectivity index (χ1) is 11.3. The van der Waals surface area contributed by atoms with Crippen molar-refractivity contribution in [1.82, 2.24) is 4.57 Å². The molecule has 2 aromatic carbocycles. The van der Waals surface area contributed by atoms with Crippen LogP contribution in [0.4, 0.5) is 13.2 Å². The van der Waals surface area contributed by atoms with Crippen LogP contribution in [-0.2, 0) is 6.18 Å². The van der Waals surface area contributed by atoms with Crippen molar-refractivity contribution in [3.8, 4) is 11.4 Å². The van der Waals surface area contributed by atoms with Gasteiger partial charge in [0.2, 0.25) is 0 Å². The lowest BCUT2D eigenvalue weighted by Crippen LogP contribution is -2.05. The molecule has 0 unspecified atom stereocenters. The van der Waals surface area contributed by atoms with Gasteiger partial charge >= 0.3 is 6.18 Å². The molecule has 3 rings (SSSR count). The summed E-state index contributed by atoms with van der Waals surface area (Å²) in [5.41, 5.74) is 0.128. The Morgan fingerprint density at radius 2 is 1.71 bits per heavy atom. The average molecular weight is 369 g/mol. The van der Waals surface area contributed by atoms with E-state index in [1.165, 1.54) is 23.8 Å². The van der Waals surface area contributed by atoms with E-state index in [2.05, 4.69) is 0 Å². The third-order valence-electron chi connectivity index (χ3n) is 3.45. The van der Waals surface area contributed by atoms with E-state index in [1.807, 2.05) is 0 Å². The van der Waals surface area contributed by atoms with Gasteiger partial charge < -0.3 is 9.15 Å². The summed E-state index contributed by atoms with van der Waals surface area (Å²) < 4.78 is 50.5. The van der Waals surface area contributed by atoms with Gasteiger partial charge in [-0.1, -0.05) is 12.2 Å². The van der Waals surface area contributed by atoms with Crippen LogP contribution in [0.15, 0.2) is 46.9 Å². The number of nitrogens with zero attached hydrogens (tertiary/aromatic N) is 1. The molecular formula is C16H10F3NO2S2.